The van der Waals surface area contributed by atoms with E-state index in [0.29, 0.717) is 16.6 Å². The minimum Gasteiger partial charge on any atom is -0.326 e. The molecule has 0 saturated heterocycles. The third-order valence-corrected chi connectivity index (χ3v) is 3.34. The van der Waals surface area contributed by atoms with Gasteiger partial charge in [-0.25, -0.2) is 4.68 Å². The standard InChI is InChI=1S/C12H13Cl2N3/c1-7-10(6-15)8(2)17(16-7)12-5-9(13)3-4-11(12)14/h3-5H,6,15H2,1-2H3. The predicted molar refractivity (Wildman–Crippen MR) is 70.9 cm³/mol. The van der Waals surface area contributed by atoms with Gasteiger partial charge < -0.3 is 5.73 Å². The molecule has 90 valence electrons. The molecule has 0 saturated carbocycles. The molecule has 2 N–H and O–H groups in total. The van der Waals surface area contributed by atoms with E-state index in [1.54, 1.807) is 22.9 Å². The van der Waals surface area contributed by atoms with Crippen molar-refractivity contribution < 1.29 is 0 Å². The highest BCUT2D eigenvalue weighted by Crippen LogP contribution is 2.26. The summed E-state index contributed by atoms with van der Waals surface area (Å²) in [5.41, 5.74) is 9.43. The van der Waals surface area contributed by atoms with Gasteiger partial charge in [-0.15, -0.1) is 0 Å². The van der Waals surface area contributed by atoms with Crippen LogP contribution in [-0.2, 0) is 6.54 Å². The Bertz CT molecular complexity index is 561. The second-order valence-corrected chi connectivity index (χ2v) is 4.70. The van der Waals surface area contributed by atoms with Gasteiger partial charge in [0, 0.05) is 22.8 Å². The lowest BCUT2D eigenvalue weighted by molar-refractivity contribution is 0.832. The Kier molecular flexibility index (Phi) is 3.43. The molecule has 3 nitrogen and oxygen atoms in total. The van der Waals surface area contributed by atoms with Crippen LogP contribution >= 0.6 is 23.2 Å². The molecule has 1 aromatic heterocycles. The predicted octanol–water partition coefficient (Wildman–Crippen LogP) is 3.25. The van der Waals surface area contributed by atoms with Crippen molar-refractivity contribution in [2.75, 3.05) is 0 Å². The molecule has 0 aliphatic rings. The summed E-state index contributed by atoms with van der Waals surface area (Å²) in [6.45, 7) is 4.37. The Balaban J connectivity index is 2.64. The normalized spacial score (nSPS) is 10.9. The minimum atomic E-state index is 0.468. The van der Waals surface area contributed by atoms with Crippen LogP contribution in [0.25, 0.3) is 5.69 Å². The smallest absolute Gasteiger partial charge is 0.0849 e. The van der Waals surface area contributed by atoms with Gasteiger partial charge >= 0.3 is 0 Å². The molecule has 17 heavy (non-hydrogen) atoms. The minimum absolute atomic E-state index is 0.468. The molecule has 0 bridgehead atoms. The SMILES string of the molecule is Cc1nn(-c2cc(Cl)ccc2Cl)c(C)c1CN. The molecule has 0 radical (unpaired) electrons. The van der Waals surface area contributed by atoms with Crippen molar-refractivity contribution in [1.29, 1.82) is 0 Å². The van der Waals surface area contributed by atoms with Crippen LogP contribution in [0.2, 0.25) is 10.0 Å². The highest BCUT2D eigenvalue weighted by atomic mass is 35.5. The molecule has 0 aliphatic carbocycles. The lowest BCUT2D eigenvalue weighted by Crippen LogP contribution is -2.02. The second kappa shape index (κ2) is 4.69. The molecule has 0 fully saturated rings. The molecule has 0 unspecified atom stereocenters. The molecule has 0 amide bonds. The molecule has 2 aromatic rings. The highest BCUT2D eigenvalue weighted by Gasteiger charge is 2.13. The van der Waals surface area contributed by atoms with E-state index >= 15 is 0 Å². The summed E-state index contributed by atoms with van der Waals surface area (Å²) >= 11 is 12.1. The van der Waals surface area contributed by atoms with Crippen molar-refractivity contribution in [3.63, 3.8) is 0 Å². The van der Waals surface area contributed by atoms with E-state index in [1.165, 1.54) is 0 Å². The number of benzene rings is 1. The first-order valence-corrected chi connectivity index (χ1v) is 6.00. The van der Waals surface area contributed by atoms with Crippen LogP contribution in [0.1, 0.15) is 17.0 Å². The molecule has 5 heteroatoms. The Morgan fingerprint density at radius 3 is 2.59 bits per heavy atom. The van der Waals surface area contributed by atoms with E-state index in [-0.39, 0.29) is 0 Å². The van der Waals surface area contributed by atoms with Crippen molar-refractivity contribution in [3.05, 3.63) is 45.2 Å². The van der Waals surface area contributed by atoms with E-state index in [1.807, 2.05) is 13.8 Å². The third-order valence-electron chi connectivity index (χ3n) is 2.78. The second-order valence-electron chi connectivity index (χ2n) is 3.86. The maximum atomic E-state index is 6.16. The number of aryl methyl sites for hydroxylation is 1. The van der Waals surface area contributed by atoms with Crippen LogP contribution in [0.5, 0.6) is 0 Å². The van der Waals surface area contributed by atoms with E-state index in [0.717, 1.165) is 22.6 Å². The number of nitrogens with zero attached hydrogens (tertiary/aromatic N) is 2. The summed E-state index contributed by atoms with van der Waals surface area (Å²) in [7, 11) is 0. The number of halogens is 2. The zero-order valence-corrected chi connectivity index (χ0v) is 11.2. The maximum absolute atomic E-state index is 6.16. The van der Waals surface area contributed by atoms with E-state index in [2.05, 4.69) is 5.10 Å². The average Bonchev–Trinajstić information content (AvgIpc) is 2.57. The number of rotatable bonds is 2. The summed E-state index contributed by atoms with van der Waals surface area (Å²) in [6.07, 6.45) is 0. The van der Waals surface area contributed by atoms with Crippen LogP contribution < -0.4 is 5.73 Å². The third kappa shape index (κ3) is 2.18. The summed E-state index contributed by atoms with van der Waals surface area (Å²) in [6, 6.07) is 5.31. The fraction of sp³-hybridized carbons (Fsp3) is 0.250. The Labute approximate surface area is 110 Å². The van der Waals surface area contributed by atoms with Gasteiger partial charge in [-0.05, 0) is 32.0 Å². The molecule has 0 aliphatic heterocycles. The fourth-order valence-corrected chi connectivity index (χ4v) is 2.22. The first-order valence-electron chi connectivity index (χ1n) is 5.25. The van der Waals surface area contributed by atoms with Crippen molar-refractivity contribution in [2.45, 2.75) is 20.4 Å². The Morgan fingerprint density at radius 1 is 1.29 bits per heavy atom. The van der Waals surface area contributed by atoms with Gasteiger partial charge in [-0.3, -0.25) is 0 Å². The Hall–Kier alpha value is -1.03. The van der Waals surface area contributed by atoms with Crippen molar-refractivity contribution in [1.82, 2.24) is 9.78 Å². The van der Waals surface area contributed by atoms with E-state index < -0.39 is 0 Å². The largest absolute Gasteiger partial charge is 0.326 e. The topological polar surface area (TPSA) is 43.8 Å². The number of hydrogen-bond donors (Lipinski definition) is 1. The van der Waals surface area contributed by atoms with Gasteiger partial charge in [0.2, 0.25) is 0 Å². The van der Waals surface area contributed by atoms with Gasteiger partial charge in [-0.1, -0.05) is 23.2 Å². The number of nitrogens with two attached hydrogens (primary N) is 1. The van der Waals surface area contributed by atoms with Crippen LogP contribution in [0, 0.1) is 13.8 Å². The summed E-state index contributed by atoms with van der Waals surface area (Å²) in [5.74, 6) is 0. The van der Waals surface area contributed by atoms with Gasteiger partial charge in [0.25, 0.3) is 0 Å². The zero-order chi connectivity index (χ0) is 12.6. The molecular weight excluding hydrogens is 257 g/mol. The summed E-state index contributed by atoms with van der Waals surface area (Å²) in [5, 5.41) is 5.69. The van der Waals surface area contributed by atoms with Gasteiger partial charge in [0.1, 0.15) is 0 Å². The molecule has 0 atom stereocenters. The van der Waals surface area contributed by atoms with Crippen molar-refractivity contribution in [2.24, 2.45) is 5.73 Å². The van der Waals surface area contributed by atoms with Crippen LogP contribution in [0.3, 0.4) is 0 Å². The van der Waals surface area contributed by atoms with E-state index in [4.69, 9.17) is 28.9 Å². The van der Waals surface area contributed by atoms with Crippen molar-refractivity contribution >= 4 is 23.2 Å². The summed E-state index contributed by atoms with van der Waals surface area (Å²) < 4.78 is 1.78. The van der Waals surface area contributed by atoms with E-state index in [9.17, 15) is 0 Å². The molecule has 2 rings (SSSR count). The van der Waals surface area contributed by atoms with Crippen molar-refractivity contribution in [3.8, 4) is 5.69 Å². The molecule has 1 heterocycles. The van der Waals surface area contributed by atoms with Crippen LogP contribution in [0.15, 0.2) is 18.2 Å². The number of hydrogen-bond acceptors (Lipinski definition) is 2. The van der Waals surface area contributed by atoms with Gasteiger partial charge in [-0.2, -0.15) is 5.10 Å². The Morgan fingerprint density at radius 2 is 2.00 bits per heavy atom. The molecular formula is C12H13Cl2N3. The number of aromatic nitrogens is 2. The van der Waals surface area contributed by atoms with Gasteiger partial charge in [0.15, 0.2) is 0 Å². The quantitative estimate of drug-likeness (QED) is 0.910. The lowest BCUT2D eigenvalue weighted by atomic mass is 10.2. The summed E-state index contributed by atoms with van der Waals surface area (Å²) in [4.78, 5) is 0. The monoisotopic (exact) mass is 269 g/mol. The maximum Gasteiger partial charge on any atom is 0.0849 e. The first-order chi connectivity index (χ1) is 8.04. The molecule has 0 spiro atoms. The van der Waals surface area contributed by atoms with Crippen LogP contribution in [0.4, 0.5) is 0 Å². The van der Waals surface area contributed by atoms with Gasteiger partial charge in [0.05, 0.1) is 16.4 Å². The molecule has 1 aromatic carbocycles. The first kappa shape index (κ1) is 12.4. The average molecular weight is 270 g/mol. The van der Waals surface area contributed by atoms with Crippen LogP contribution in [-0.4, -0.2) is 9.78 Å². The fourth-order valence-electron chi connectivity index (χ4n) is 1.85. The zero-order valence-electron chi connectivity index (χ0n) is 9.67. The highest BCUT2D eigenvalue weighted by molar-refractivity contribution is 6.34. The lowest BCUT2D eigenvalue weighted by Gasteiger charge is -2.07.